The molecule has 2 heterocycles. The van der Waals surface area contributed by atoms with Crippen LogP contribution in [0.15, 0.2) is 0 Å². The Morgan fingerprint density at radius 3 is 2.50 bits per heavy atom. The van der Waals surface area contributed by atoms with E-state index in [2.05, 4.69) is 4.90 Å². The summed E-state index contributed by atoms with van der Waals surface area (Å²) in [4.78, 5) is 28.4. The molecule has 0 aromatic rings. The van der Waals surface area contributed by atoms with Gasteiger partial charge in [-0.2, -0.15) is 0 Å². The van der Waals surface area contributed by atoms with Crippen LogP contribution in [0.2, 0.25) is 0 Å². The van der Waals surface area contributed by atoms with Gasteiger partial charge in [0.25, 0.3) is 0 Å². The fourth-order valence-electron chi connectivity index (χ4n) is 3.88. The maximum absolute atomic E-state index is 12.2. The molecule has 2 amide bonds. The Kier molecular flexibility index (Phi) is 4.71. The molecule has 0 unspecified atom stereocenters. The number of likely N-dealkylation sites (tertiary alicyclic amines) is 2. The summed E-state index contributed by atoms with van der Waals surface area (Å²) in [6, 6.07) is 0. The number of hydrogen-bond acceptors (Lipinski definition) is 3. The van der Waals surface area contributed by atoms with Gasteiger partial charge in [-0.1, -0.05) is 0 Å². The van der Waals surface area contributed by atoms with Gasteiger partial charge >= 0.3 is 0 Å². The lowest BCUT2D eigenvalue weighted by molar-refractivity contribution is -0.135. The largest absolute Gasteiger partial charge is 0.383 e. The summed E-state index contributed by atoms with van der Waals surface area (Å²) >= 11 is 0. The predicted molar refractivity (Wildman–Crippen MR) is 83.3 cm³/mol. The zero-order valence-electron chi connectivity index (χ0n) is 13.7. The van der Waals surface area contributed by atoms with Crippen molar-refractivity contribution in [3.63, 3.8) is 0 Å². The second-order valence-corrected chi connectivity index (χ2v) is 7.22. The van der Waals surface area contributed by atoms with Crippen LogP contribution in [0.4, 0.5) is 0 Å². The van der Waals surface area contributed by atoms with Crippen LogP contribution < -0.4 is 0 Å². The van der Waals surface area contributed by atoms with Crippen molar-refractivity contribution in [2.24, 2.45) is 11.3 Å². The molecule has 124 valence electrons. The molecule has 0 bridgehead atoms. The van der Waals surface area contributed by atoms with E-state index < -0.39 is 0 Å². The molecule has 2 saturated heterocycles. The highest BCUT2D eigenvalue weighted by atomic mass is 16.5. The van der Waals surface area contributed by atoms with Crippen LogP contribution in [-0.2, 0) is 14.3 Å². The van der Waals surface area contributed by atoms with E-state index in [1.54, 1.807) is 7.11 Å². The number of carbonyl (C=O) groups is 2. The Balaban J connectivity index is 1.54. The lowest BCUT2D eigenvalue weighted by atomic mass is 9.73. The van der Waals surface area contributed by atoms with Crippen LogP contribution in [0.25, 0.3) is 0 Å². The zero-order chi connectivity index (χ0) is 15.6. The van der Waals surface area contributed by atoms with Gasteiger partial charge in [-0.3, -0.25) is 9.59 Å². The van der Waals surface area contributed by atoms with E-state index in [1.807, 2.05) is 4.90 Å². The number of hydrogen-bond donors (Lipinski definition) is 0. The Labute approximate surface area is 133 Å². The number of methoxy groups -OCH3 is 1. The Morgan fingerprint density at radius 2 is 1.86 bits per heavy atom. The molecular weight excluding hydrogens is 280 g/mol. The molecule has 0 atom stereocenters. The summed E-state index contributed by atoms with van der Waals surface area (Å²) in [5, 5.41) is 0. The zero-order valence-corrected chi connectivity index (χ0v) is 13.7. The minimum Gasteiger partial charge on any atom is -0.383 e. The van der Waals surface area contributed by atoms with Gasteiger partial charge in [-0.15, -0.1) is 0 Å². The molecule has 5 heteroatoms. The van der Waals surface area contributed by atoms with Gasteiger partial charge < -0.3 is 14.5 Å². The molecule has 0 radical (unpaired) electrons. The number of nitrogens with zero attached hydrogens (tertiary/aromatic N) is 2. The first-order chi connectivity index (χ1) is 10.6. The van der Waals surface area contributed by atoms with E-state index in [1.165, 1.54) is 0 Å². The average molecular weight is 308 g/mol. The fraction of sp³-hybridized carbons (Fsp3) is 0.882. The number of ether oxygens (including phenoxy) is 1. The number of amides is 2. The Morgan fingerprint density at radius 1 is 1.18 bits per heavy atom. The van der Waals surface area contributed by atoms with Gasteiger partial charge in [0.2, 0.25) is 11.8 Å². The highest BCUT2D eigenvalue weighted by Crippen LogP contribution is 2.42. The van der Waals surface area contributed by atoms with Crippen LogP contribution in [0, 0.1) is 11.3 Å². The molecular formula is C17H28N2O3. The first-order valence-corrected chi connectivity index (χ1v) is 8.69. The van der Waals surface area contributed by atoms with Crippen molar-refractivity contribution in [2.45, 2.75) is 44.9 Å². The summed E-state index contributed by atoms with van der Waals surface area (Å²) in [6.45, 7) is 3.95. The number of rotatable bonds is 4. The van der Waals surface area contributed by atoms with Crippen molar-refractivity contribution in [2.75, 3.05) is 39.9 Å². The van der Waals surface area contributed by atoms with Gasteiger partial charge in [0.1, 0.15) is 0 Å². The van der Waals surface area contributed by atoms with Crippen LogP contribution in [0.3, 0.4) is 0 Å². The first-order valence-electron chi connectivity index (χ1n) is 8.69. The predicted octanol–water partition coefficient (Wildman–Crippen LogP) is 1.66. The second kappa shape index (κ2) is 6.57. The third-order valence-corrected chi connectivity index (χ3v) is 5.76. The van der Waals surface area contributed by atoms with Gasteiger partial charge in [-0.05, 0) is 43.9 Å². The fourth-order valence-corrected chi connectivity index (χ4v) is 3.88. The standard InChI is InChI=1S/C17H28N2O3/c1-22-13-12-18-9-6-17(5-4-15(18)20)7-10-19(11-8-17)16(21)14-2-3-14/h14H,2-13H2,1H3. The van der Waals surface area contributed by atoms with Crippen LogP contribution >= 0.6 is 0 Å². The molecule has 3 fully saturated rings. The van der Waals surface area contributed by atoms with Crippen molar-refractivity contribution in [3.05, 3.63) is 0 Å². The van der Waals surface area contributed by atoms with Crippen LogP contribution in [-0.4, -0.2) is 61.5 Å². The molecule has 1 aliphatic carbocycles. The third kappa shape index (κ3) is 3.45. The van der Waals surface area contributed by atoms with E-state index in [9.17, 15) is 9.59 Å². The molecule has 22 heavy (non-hydrogen) atoms. The van der Waals surface area contributed by atoms with E-state index in [4.69, 9.17) is 4.74 Å². The molecule has 0 aromatic carbocycles. The number of piperidine rings is 1. The number of carbonyl (C=O) groups excluding carboxylic acids is 2. The van der Waals surface area contributed by atoms with E-state index >= 15 is 0 Å². The first kappa shape index (κ1) is 15.8. The average Bonchev–Trinajstić information content (AvgIpc) is 3.38. The smallest absolute Gasteiger partial charge is 0.225 e. The van der Waals surface area contributed by atoms with Crippen molar-refractivity contribution in [1.82, 2.24) is 9.80 Å². The molecule has 3 aliphatic rings. The highest BCUT2D eigenvalue weighted by Gasteiger charge is 2.41. The normalized spacial score (nSPS) is 25.4. The molecule has 1 spiro atoms. The van der Waals surface area contributed by atoms with Crippen LogP contribution in [0.5, 0.6) is 0 Å². The monoisotopic (exact) mass is 308 g/mol. The minimum atomic E-state index is 0.269. The summed E-state index contributed by atoms with van der Waals surface area (Å²) in [7, 11) is 1.68. The molecule has 1 saturated carbocycles. The van der Waals surface area contributed by atoms with E-state index in [0.717, 1.165) is 58.2 Å². The van der Waals surface area contributed by atoms with Gasteiger partial charge in [0.05, 0.1) is 6.61 Å². The summed E-state index contributed by atoms with van der Waals surface area (Å²) in [5.41, 5.74) is 0.276. The van der Waals surface area contributed by atoms with Gasteiger partial charge in [-0.25, -0.2) is 0 Å². The molecule has 3 rings (SSSR count). The third-order valence-electron chi connectivity index (χ3n) is 5.76. The second-order valence-electron chi connectivity index (χ2n) is 7.22. The maximum atomic E-state index is 12.2. The quantitative estimate of drug-likeness (QED) is 0.794. The van der Waals surface area contributed by atoms with Gasteiger partial charge in [0, 0.05) is 45.6 Å². The SMILES string of the molecule is COCCN1CCC2(CCC1=O)CCN(C(=O)C1CC1)CC2. The highest BCUT2D eigenvalue weighted by molar-refractivity contribution is 5.81. The van der Waals surface area contributed by atoms with Crippen LogP contribution in [0.1, 0.15) is 44.9 Å². The van der Waals surface area contributed by atoms with Crippen molar-refractivity contribution in [3.8, 4) is 0 Å². The van der Waals surface area contributed by atoms with E-state index in [0.29, 0.717) is 31.4 Å². The Hall–Kier alpha value is -1.10. The molecule has 5 nitrogen and oxygen atoms in total. The van der Waals surface area contributed by atoms with Crippen molar-refractivity contribution in [1.29, 1.82) is 0 Å². The van der Waals surface area contributed by atoms with E-state index in [-0.39, 0.29) is 11.3 Å². The maximum Gasteiger partial charge on any atom is 0.225 e. The minimum absolute atomic E-state index is 0.269. The lowest BCUT2D eigenvalue weighted by Crippen LogP contribution is -2.44. The summed E-state index contributed by atoms with van der Waals surface area (Å²) in [5.74, 6) is 0.973. The van der Waals surface area contributed by atoms with Crippen molar-refractivity contribution < 1.29 is 14.3 Å². The molecule has 0 N–H and O–H groups in total. The molecule has 0 aromatic heterocycles. The van der Waals surface area contributed by atoms with Crippen molar-refractivity contribution >= 4 is 11.8 Å². The summed E-state index contributed by atoms with van der Waals surface area (Å²) in [6.07, 6.45) is 7.02. The summed E-state index contributed by atoms with van der Waals surface area (Å²) < 4.78 is 5.10. The Bertz CT molecular complexity index is 426. The lowest BCUT2D eigenvalue weighted by Gasteiger charge is -2.41. The molecule has 2 aliphatic heterocycles. The topological polar surface area (TPSA) is 49.9 Å². The van der Waals surface area contributed by atoms with Gasteiger partial charge in [0.15, 0.2) is 0 Å².